The molecule has 2 heterocycles. The second-order valence-electron chi connectivity index (χ2n) is 8.90. The number of nitrogens with one attached hydrogen (secondary N) is 1. The van der Waals surface area contributed by atoms with Gasteiger partial charge in [0, 0.05) is 22.2 Å². The molecular weight excluding hydrogens is 418 g/mol. The van der Waals surface area contributed by atoms with E-state index >= 15 is 0 Å². The lowest BCUT2D eigenvalue weighted by Gasteiger charge is -2.34. The second kappa shape index (κ2) is 7.75. The Morgan fingerprint density at radius 2 is 2.10 bits per heavy atom. The Morgan fingerprint density at radius 1 is 1.33 bits per heavy atom. The van der Waals surface area contributed by atoms with Gasteiger partial charge >= 0.3 is 0 Å². The summed E-state index contributed by atoms with van der Waals surface area (Å²) in [4.78, 5) is 19.1. The Balaban J connectivity index is 1.66. The van der Waals surface area contributed by atoms with Gasteiger partial charge in [-0.1, -0.05) is 32.4 Å². The maximum Gasteiger partial charge on any atom is 0.268 e. The summed E-state index contributed by atoms with van der Waals surface area (Å²) in [7, 11) is 1.54. The number of fused-ring (bicyclic) bond motifs is 2. The Morgan fingerprint density at radius 3 is 2.80 bits per heavy atom. The molecule has 1 aromatic carbocycles. The first-order chi connectivity index (χ1) is 14.2. The number of hydrogen-bond donors (Lipinski definition) is 2. The fourth-order valence-electron chi connectivity index (χ4n) is 4.05. The van der Waals surface area contributed by atoms with Crippen LogP contribution in [0.1, 0.15) is 48.1 Å². The van der Waals surface area contributed by atoms with Crippen LogP contribution >= 0.6 is 22.9 Å². The third-order valence-electron chi connectivity index (χ3n) is 5.93. The Hall–Kier alpha value is -2.31. The number of pyridine rings is 1. The van der Waals surface area contributed by atoms with Crippen LogP contribution in [0.3, 0.4) is 0 Å². The number of benzene rings is 1. The molecule has 2 aromatic heterocycles. The van der Waals surface area contributed by atoms with E-state index in [0.717, 1.165) is 35.2 Å². The van der Waals surface area contributed by atoms with Crippen LogP contribution in [0.25, 0.3) is 10.2 Å². The Labute approximate surface area is 185 Å². The van der Waals surface area contributed by atoms with Crippen molar-refractivity contribution in [2.75, 3.05) is 18.2 Å². The minimum absolute atomic E-state index is 0.259. The van der Waals surface area contributed by atoms with Crippen molar-refractivity contribution in [2.45, 2.75) is 40.0 Å². The topological polar surface area (TPSA) is 77.2 Å². The summed E-state index contributed by atoms with van der Waals surface area (Å²) >= 11 is 7.34. The average molecular weight is 444 g/mol. The molecule has 1 amide bonds. The van der Waals surface area contributed by atoms with Gasteiger partial charge < -0.3 is 15.8 Å². The quantitative estimate of drug-likeness (QED) is 0.524. The van der Waals surface area contributed by atoms with E-state index in [1.165, 1.54) is 24.0 Å². The first-order valence-corrected chi connectivity index (χ1v) is 11.2. The van der Waals surface area contributed by atoms with Crippen LogP contribution in [0.4, 0.5) is 11.4 Å². The summed E-state index contributed by atoms with van der Waals surface area (Å²) in [5, 5.41) is 4.28. The lowest BCUT2D eigenvalue weighted by atomic mass is 9.71. The van der Waals surface area contributed by atoms with E-state index in [0.29, 0.717) is 32.9 Å². The smallest absolute Gasteiger partial charge is 0.268 e. The van der Waals surface area contributed by atoms with E-state index in [2.05, 4.69) is 32.2 Å². The van der Waals surface area contributed by atoms with Crippen LogP contribution in [0.15, 0.2) is 24.3 Å². The zero-order chi connectivity index (χ0) is 21.6. The molecule has 0 bridgehead atoms. The van der Waals surface area contributed by atoms with E-state index in [1.807, 2.05) is 0 Å². The number of nitrogen functional groups attached to an aromatic ring is 1. The number of carbonyl (C=O) groups is 1. The number of rotatable bonds is 3. The minimum Gasteiger partial charge on any atom is -0.495 e. The molecule has 0 spiro atoms. The van der Waals surface area contributed by atoms with Crippen LogP contribution < -0.4 is 15.8 Å². The van der Waals surface area contributed by atoms with Gasteiger partial charge in [0.1, 0.15) is 15.5 Å². The summed E-state index contributed by atoms with van der Waals surface area (Å²) < 4.78 is 5.32. The lowest BCUT2D eigenvalue weighted by Crippen LogP contribution is -2.27. The molecule has 0 saturated carbocycles. The molecule has 7 heteroatoms. The zero-order valence-corrected chi connectivity index (χ0v) is 19.2. The Kier molecular flexibility index (Phi) is 5.41. The van der Waals surface area contributed by atoms with Gasteiger partial charge in [-0.05, 0) is 54.4 Å². The normalized spacial score (nSPS) is 16.4. The fraction of sp³-hybridized carbons (Fsp3) is 0.391. The molecule has 158 valence electrons. The number of hydrogen-bond acceptors (Lipinski definition) is 5. The molecular formula is C23H26ClN3O2S. The summed E-state index contributed by atoms with van der Waals surface area (Å²) in [5.74, 6) is 0.836. The molecule has 3 aromatic rings. The first kappa shape index (κ1) is 20.9. The Bertz CT molecular complexity index is 1130. The van der Waals surface area contributed by atoms with Crippen molar-refractivity contribution in [2.24, 2.45) is 11.3 Å². The molecule has 0 radical (unpaired) electrons. The lowest BCUT2D eigenvalue weighted by molar-refractivity contribution is 0.103. The summed E-state index contributed by atoms with van der Waals surface area (Å²) in [5.41, 5.74) is 10.1. The van der Waals surface area contributed by atoms with Crippen molar-refractivity contribution >= 4 is 50.4 Å². The van der Waals surface area contributed by atoms with Gasteiger partial charge in [0.2, 0.25) is 0 Å². The van der Waals surface area contributed by atoms with Crippen LogP contribution in [0.5, 0.6) is 5.75 Å². The third kappa shape index (κ3) is 3.86. The predicted molar refractivity (Wildman–Crippen MR) is 125 cm³/mol. The van der Waals surface area contributed by atoms with E-state index in [9.17, 15) is 4.79 Å². The molecule has 30 heavy (non-hydrogen) atoms. The molecule has 0 fully saturated rings. The highest BCUT2D eigenvalue weighted by Crippen LogP contribution is 2.40. The number of ether oxygens (including phenoxy) is 1. The molecule has 1 atom stereocenters. The fourth-order valence-corrected chi connectivity index (χ4v) is 5.20. The van der Waals surface area contributed by atoms with Crippen molar-refractivity contribution in [3.05, 3.63) is 45.4 Å². The van der Waals surface area contributed by atoms with E-state index in [4.69, 9.17) is 27.1 Å². The molecule has 0 saturated heterocycles. The number of halogens is 1. The largest absolute Gasteiger partial charge is 0.495 e. The molecule has 1 aliphatic rings. The average Bonchev–Trinajstić information content (AvgIpc) is 3.02. The zero-order valence-electron chi connectivity index (χ0n) is 17.6. The summed E-state index contributed by atoms with van der Waals surface area (Å²) in [6.45, 7) is 6.88. The van der Waals surface area contributed by atoms with Gasteiger partial charge in [-0.2, -0.15) is 0 Å². The van der Waals surface area contributed by atoms with Crippen molar-refractivity contribution in [1.82, 2.24) is 4.98 Å². The number of aromatic nitrogens is 1. The SMILES string of the molecule is COc1cc(Cl)ccc1NC(=O)c1sc2nc3c(cc2c1N)CC(C(C)(C)C)CC3. The maximum absolute atomic E-state index is 13.0. The number of carbonyl (C=O) groups excluding carboxylic acids is 1. The van der Waals surface area contributed by atoms with E-state index in [1.54, 1.807) is 18.2 Å². The molecule has 0 aliphatic heterocycles. The van der Waals surface area contributed by atoms with Gasteiger partial charge in [-0.25, -0.2) is 4.98 Å². The molecule has 1 aliphatic carbocycles. The van der Waals surface area contributed by atoms with Gasteiger partial charge in [-0.15, -0.1) is 11.3 Å². The number of aryl methyl sites for hydroxylation is 1. The predicted octanol–water partition coefficient (Wildman–Crippen LogP) is 5.94. The number of anilines is 2. The number of nitrogens with zero attached hydrogens (tertiary/aromatic N) is 1. The molecule has 4 rings (SSSR count). The highest BCUT2D eigenvalue weighted by Gasteiger charge is 2.30. The highest BCUT2D eigenvalue weighted by molar-refractivity contribution is 7.21. The number of thiophene rings is 1. The van der Waals surface area contributed by atoms with E-state index in [-0.39, 0.29) is 11.3 Å². The molecule has 1 unspecified atom stereocenters. The van der Waals surface area contributed by atoms with Crippen LogP contribution in [-0.4, -0.2) is 18.0 Å². The van der Waals surface area contributed by atoms with E-state index < -0.39 is 0 Å². The number of nitrogens with two attached hydrogens (primary N) is 1. The van der Waals surface area contributed by atoms with Crippen molar-refractivity contribution in [1.29, 1.82) is 0 Å². The second-order valence-corrected chi connectivity index (χ2v) is 10.3. The minimum atomic E-state index is -0.276. The third-order valence-corrected chi connectivity index (χ3v) is 7.28. The maximum atomic E-state index is 13.0. The van der Waals surface area contributed by atoms with Gasteiger partial charge in [0.15, 0.2) is 0 Å². The molecule has 5 nitrogen and oxygen atoms in total. The summed E-state index contributed by atoms with van der Waals surface area (Å²) in [6.07, 6.45) is 3.11. The van der Waals surface area contributed by atoms with Gasteiger partial charge in [-0.3, -0.25) is 4.79 Å². The highest BCUT2D eigenvalue weighted by atomic mass is 35.5. The number of methoxy groups -OCH3 is 1. The van der Waals surface area contributed by atoms with Crippen molar-refractivity contribution < 1.29 is 9.53 Å². The first-order valence-electron chi connectivity index (χ1n) is 10.0. The van der Waals surface area contributed by atoms with Crippen LogP contribution in [0.2, 0.25) is 5.02 Å². The monoisotopic (exact) mass is 443 g/mol. The number of amides is 1. The van der Waals surface area contributed by atoms with Gasteiger partial charge in [0.05, 0.1) is 18.5 Å². The van der Waals surface area contributed by atoms with Crippen molar-refractivity contribution in [3.63, 3.8) is 0 Å². The standard InChI is InChI=1S/C23H26ClN3O2S/c1-23(2,3)13-5-7-16-12(9-13)10-15-19(25)20(30-22(15)27-16)21(28)26-17-8-6-14(24)11-18(17)29-4/h6,8,10-11,13H,5,7,9,25H2,1-4H3,(H,26,28). The van der Waals surface area contributed by atoms with Gasteiger partial charge in [0.25, 0.3) is 5.91 Å². The van der Waals surface area contributed by atoms with Crippen LogP contribution in [-0.2, 0) is 12.8 Å². The molecule has 3 N–H and O–H groups in total. The summed E-state index contributed by atoms with van der Waals surface area (Å²) in [6, 6.07) is 7.22. The van der Waals surface area contributed by atoms with Crippen LogP contribution in [0, 0.1) is 11.3 Å². The van der Waals surface area contributed by atoms with Crippen molar-refractivity contribution in [3.8, 4) is 5.75 Å².